The van der Waals surface area contributed by atoms with Crippen molar-refractivity contribution in [3.05, 3.63) is 58.6 Å². The first-order valence-electron chi connectivity index (χ1n) is 8.05. The van der Waals surface area contributed by atoms with Gasteiger partial charge in [-0.3, -0.25) is 4.79 Å². The van der Waals surface area contributed by atoms with Crippen LogP contribution in [0.2, 0.25) is 5.02 Å². The molecule has 0 aromatic heterocycles. The number of hydrogen-bond donors (Lipinski definition) is 1. The molecule has 1 fully saturated rings. The summed E-state index contributed by atoms with van der Waals surface area (Å²) in [5.41, 5.74) is 1.86. The summed E-state index contributed by atoms with van der Waals surface area (Å²) >= 11 is 6.10. The van der Waals surface area contributed by atoms with E-state index in [0.717, 1.165) is 18.4 Å². The number of amides is 1. The molecule has 2 aromatic rings. The van der Waals surface area contributed by atoms with Crippen molar-refractivity contribution in [3.8, 4) is 0 Å². The lowest BCUT2D eigenvalue weighted by molar-refractivity contribution is 0.102. The fraction of sp³-hybridized carbons (Fsp3) is 0.278. The number of rotatable bonds is 4. The standard InChI is InChI=1S/C18H19ClN2O3S/c1-13-4-9-16(17(19)12-13)18(22)20-14-5-7-15(8-6-14)25(23,24)21-10-2-3-11-21/h4-9,12H,2-3,10-11H2,1H3,(H,20,22). The number of carbonyl (C=O) groups excluding carboxylic acids is 1. The van der Waals surface area contributed by atoms with Crippen LogP contribution in [0.5, 0.6) is 0 Å². The number of benzene rings is 2. The van der Waals surface area contributed by atoms with E-state index in [1.165, 1.54) is 16.4 Å². The Labute approximate surface area is 152 Å². The Kier molecular flexibility index (Phi) is 5.13. The van der Waals surface area contributed by atoms with Gasteiger partial charge in [-0.25, -0.2) is 8.42 Å². The Balaban J connectivity index is 1.75. The number of aryl methyl sites for hydroxylation is 1. The van der Waals surface area contributed by atoms with Crippen molar-refractivity contribution in [1.82, 2.24) is 4.31 Å². The normalized spacial score (nSPS) is 15.3. The Bertz CT molecular complexity index is 889. The summed E-state index contributed by atoms with van der Waals surface area (Å²) in [5.74, 6) is -0.333. The van der Waals surface area contributed by atoms with Gasteiger partial charge in [-0.1, -0.05) is 17.7 Å². The summed E-state index contributed by atoms with van der Waals surface area (Å²) in [7, 11) is -3.45. The third kappa shape index (κ3) is 3.86. The summed E-state index contributed by atoms with van der Waals surface area (Å²) in [5, 5.41) is 3.12. The summed E-state index contributed by atoms with van der Waals surface area (Å²) in [6, 6.07) is 11.4. The Hall–Kier alpha value is -1.89. The van der Waals surface area contributed by atoms with Crippen molar-refractivity contribution in [2.24, 2.45) is 0 Å². The Morgan fingerprint density at radius 2 is 1.72 bits per heavy atom. The molecule has 0 radical (unpaired) electrons. The van der Waals surface area contributed by atoms with Crippen molar-refractivity contribution in [2.45, 2.75) is 24.7 Å². The van der Waals surface area contributed by atoms with Gasteiger partial charge in [-0.2, -0.15) is 4.31 Å². The summed E-state index contributed by atoms with van der Waals surface area (Å²) in [6.07, 6.45) is 1.79. The van der Waals surface area contributed by atoms with Gasteiger partial charge in [0.05, 0.1) is 15.5 Å². The molecule has 132 valence electrons. The molecule has 0 saturated carbocycles. The average Bonchev–Trinajstić information content (AvgIpc) is 3.10. The van der Waals surface area contributed by atoms with Crippen LogP contribution in [0.3, 0.4) is 0 Å². The fourth-order valence-corrected chi connectivity index (χ4v) is 4.63. The largest absolute Gasteiger partial charge is 0.322 e. The quantitative estimate of drug-likeness (QED) is 0.882. The van der Waals surface area contributed by atoms with Gasteiger partial charge in [-0.15, -0.1) is 0 Å². The van der Waals surface area contributed by atoms with Gasteiger partial charge in [0.25, 0.3) is 5.91 Å². The SMILES string of the molecule is Cc1ccc(C(=O)Nc2ccc(S(=O)(=O)N3CCCC3)cc2)c(Cl)c1. The maximum atomic E-state index is 12.5. The van der Waals surface area contributed by atoms with Crippen molar-refractivity contribution in [3.63, 3.8) is 0 Å². The van der Waals surface area contributed by atoms with E-state index in [1.54, 1.807) is 24.3 Å². The Morgan fingerprint density at radius 1 is 1.08 bits per heavy atom. The van der Waals surface area contributed by atoms with E-state index in [0.29, 0.717) is 29.4 Å². The number of nitrogens with one attached hydrogen (secondary N) is 1. The minimum Gasteiger partial charge on any atom is -0.322 e. The number of carbonyl (C=O) groups is 1. The van der Waals surface area contributed by atoms with Crippen LogP contribution in [0.25, 0.3) is 0 Å². The van der Waals surface area contributed by atoms with Crippen LogP contribution in [0.15, 0.2) is 47.4 Å². The monoisotopic (exact) mass is 378 g/mol. The van der Waals surface area contributed by atoms with Crippen LogP contribution in [0, 0.1) is 6.92 Å². The van der Waals surface area contributed by atoms with Crippen molar-refractivity contribution in [1.29, 1.82) is 0 Å². The molecule has 0 atom stereocenters. The number of sulfonamides is 1. The summed E-state index contributed by atoms with van der Waals surface area (Å²) < 4.78 is 26.5. The highest BCUT2D eigenvalue weighted by atomic mass is 35.5. The van der Waals surface area contributed by atoms with Crippen molar-refractivity contribution in [2.75, 3.05) is 18.4 Å². The lowest BCUT2D eigenvalue weighted by atomic mass is 10.1. The van der Waals surface area contributed by atoms with E-state index in [9.17, 15) is 13.2 Å². The van der Waals surface area contributed by atoms with E-state index in [4.69, 9.17) is 11.6 Å². The third-order valence-electron chi connectivity index (χ3n) is 4.18. The molecule has 1 N–H and O–H groups in total. The minimum absolute atomic E-state index is 0.237. The molecule has 7 heteroatoms. The highest BCUT2D eigenvalue weighted by molar-refractivity contribution is 7.89. The number of halogens is 1. The van der Waals surface area contributed by atoms with Gasteiger partial charge in [0, 0.05) is 18.8 Å². The van der Waals surface area contributed by atoms with E-state index >= 15 is 0 Å². The molecule has 1 saturated heterocycles. The van der Waals surface area contributed by atoms with Crippen LogP contribution >= 0.6 is 11.6 Å². The zero-order chi connectivity index (χ0) is 18.0. The highest BCUT2D eigenvalue weighted by Crippen LogP contribution is 2.23. The second-order valence-corrected chi connectivity index (χ2v) is 8.42. The highest BCUT2D eigenvalue weighted by Gasteiger charge is 2.26. The molecule has 0 spiro atoms. The first-order valence-corrected chi connectivity index (χ1v) is 9.87. The first kappa shape index (κ1) is 17.9. The molecule has 3 rings (SSSR count). The molecule has 0 aliphatic carbocycles. The topological polar surface area (TPSA) is 66.5 Å². The second-order valence-electron chi connectivity index (χ2n) is 6.07. The number of anilines is 1. The molecule has 1 amide bonds. The van der Waals surface area contributed by atoms with Crippen LogP contribution < -0.4 is 5.32 Å². The summed E-state index contributed by atoms with van der Waals surface area (Å²) in [4.78, 5) is 12.6. The van der Waals surface area contributed by atoms with Gasteiger partial charge in [-0.05, 0) is 61.7 Å². The van der Waals surface area contributed by atoms with Gasteiger partial charge in [0.15, 0.2) is 0 Å². The van der Waals surface area contributed by atoms with Gasteiger partial charge < -0.3 is 5.32 Å². The third-order valence-corrected chi connectivity index (χ3v) is 6.41. The van der Waals surface area contributed by atoms with Crippen LogP contribution in [0.4, 0.5) is 5.69 Å². The van der Waals surface area contributed by atoms with Crippen LogP contribution in [0.1, 0.15) is 28.8 Å². The number of nitrogens with zero attached hydrogens (tertiary/aromatic N) is 1. The molecule has 25 heavy (non-hydrogen) atoms. The molecular weight excluding hydrogens is 360 g/mol. The van der Waals surface area contributed by atoms with Crippen molar-refractivity contribution < 1.29 is 13.2 Å². The van der Waals surface area contributed by atoms with E-state index < -0.39 is 10.0 Å². The molecule has 2 aromatic carbocycles. The van der Waals surface area contributed by atoms with E-state index in [-0.39, 0.29) is 10.8 Å². The zero-order valence-electron chi connectivity index (χ0n) is 13.8. The molecule has 1 heterocycles. The lowest BCUT2D eigenvalue weighted by Crippen LogP contribution is -2.27. The predicted octanol–water partition coefficient (Wildman–Crippen LogP) is 3.69. The maximum Gasteiger partial charge on any atom is 0.257 e. The van der Waals surface area contributed by atoms with Gasteiger partial charge >= 0.3 is 0 Å². The maximum absolute atomic E-state index is 12.5. The predicted molar refractivity (Wildman–Crippen MR) is 98.6 cm³/mol. The van der Waals surface area contributed by atoms with E-state index in [2.05, 4.69) is 5.32 Å². The summed E-state index contributed by atoms with van der Waals surface area (Å²) in [6.45, 7) is 3.02. The fourth-order valence-electron chi connectivity index (χ4n) is 2.79. The zero-order valence-corrected chi connectivity index (χ0v) is 15.4. The molecule has 5 nitrogen and oxygen atoms in total. The van der Waals surface area contributed by atoms with Crippen LogP contribution in [-0.4, -0.2) is 31.7 Å². The molecular formula is C18H19ClN2O3S. The van der Waals surface area contributed by atoms with Gasteiger partial charge in [0.1, 0.15) is 0 Å². The van der Waals surface area contributed by atoms with Crippen LogP contribution in [-0.2, 0) is 10.0 Å². The molecule has 1 aliphatic heterocycles. The molecule has 0 bridgehead atoms. The van der Waals surface area contributed by atoms with Crippen molar-refractivity contribution >= 4 is 33.2 Å². The second kappa shape index (κ2) is 7.15. The van der Waals surface area contributed by atoms with E-state index in [1.807, 2.05) is 13.0 Å². The van der Waals surface area contributed by atoms with Gasteiger partial charge in [0.2, 0.25) is 10.0 Å². The first-order chi connectivity index (χ1) is 11.9. The molecule has 1 aliphatic rings. The molecule has 0 unspecified atom stereocenters. The average molecular weight is 379 g/mol. The smallest absolute Gasteiger partial charge is 0.257 e. The lowest BCUT2D eigenvalue weighted by Gasteiger charge is -2.15. The number of hydrogen-bond acceptors (Lipinski definition) is 3. The minimum atomic E-state index is -3.45. The Morgan fingerprint density at radius 3 is 2.32 bits per heavy atom.